The van der Waals surface area contributed by atoms with E-state index in [2.05, 4.69) is 27.5 Å². The number of alkyl carbamates (subject to hydrolysis) is 1. The molecule has 1 unspecified atom stereocenters. The minimum atomic E-state index is -1.21. The SMILES string of the molecule is C=Cc1cc(C(=O)Nc2ccc(C(=N)NC(=O)OCC)cc2)c(-c2ccc(C(O)NCC3CC3)nc2C(=O)OCOC(=O)[C@@H](N)C(C)C)cc1OC. The van der Waals surface area contributed by atoms with Crippen LogP contribution >= 0.6 is 0 Å². The Bertz CT molecular complexity index is 1810. The Morgan fingerprint density at radius 1 is 1.06 bits per heavy atom. The van der Waals surface area contributed by atoms with Crippen molar-refractivity contribution in [3.8, 4) is 16.9 Å². The summed E-state index contributed by atoms with van der Waals surface area (Å²) in [6, 6.07) is 11.4. The number of esters is 2. The average Bonchev–Trinajstić information content (AvgIpc) is 3.97. The van der Waals surface area contributed by atoms with Crippen LogP contribution in [0.4, 0.5) is 10.5 Å². The number of nitrogens with two attached hydrogens (primary N) is 1. The van der Waals surface area contributed by atoms with Crippen LogP contribution in [0, 0.1) is 17.2 Å². The number of ether oxygens (including phenoxy) is 4. The molecule has 1 heterocycles. The molecule has 2 aromatic carbocycles. The molecule has 276 valence electrons. The monoisotopic (exact) mass is 716 g/mol. The van der Waals surface area contributed by atoms with E-state index in [-0.39, 0.29) is 46.4 Å². The smallest absolute Gasteiger partial charge is 0.412 e. The van der Waals surface area contributed by atoms with Crippen molar-refractivity contribution in [2.75, 3.05) is 32.4 Å². The number of aliphatic hydroxyl groups is 1. The van der Waals surface area contributed by atoms with Gasteiger partial charge < -0.3 is 35.1 Å². The number of aliphatic hydroxyl groups excluding tert-OH is 1. The van der Waals surface area contributed by atoms with Gasteiger partial charge in [0, 0.05) is 40.0 Å². The summed E-state index contributed by atoms with van der Waals surface area (Å²) in [6.07, 6.45) is 1.64. The van der Waals surface area contributed by atoms with Gasteiger partial charge in [-0.05, 0) is 80.1 Å². The van der Waals surface area contributed by atoms with Crippen LogP contribution in [0.5, 0.6) is 5.75 Å². The number of amidine groups is 1. The predicted octanol–water partition coefficient (Wildman–Crippen LogP) is 4.36. The number of nitrogens with zero attached hydrogens (tertiary/aromatic N) is 1. The summed E-state index contributed by atoms with van der Waals surface area (Å²) in [5, 5.41) is 27.1. The van der Waals surface area contributed by atoms with Crippen molar-refractivity contribution < 1.29 is 43.2 Å². The third-order valence-corrected chi connectivity index (χ3v) is 8.13. The molecular weight excluding hydrogens is 672 g/mol. The highest BCUT2D eigenvalue weighted by atomic mass is 16.7. The number of pyridine rings is 1. The van der Waals surface area contributed by atoms with Crippen LogP contribution in [0.1, 0.15) is 77.5 Å². The van der Waals surface area contributed by atoms with Crippen LogP contribution in [0.25, 0.3) is 17.2 Å². The van der Waals surface area contributed by atoms with E-state index in [1.54, 1.807) is 39.0 Å². The second kappa shape index (κ2) is 18.0. The summed E-state index contributed by atoms with van der Waals surface area (Å²) in [4.78, 5) is 56.0. The Kier molecular flexibility index (Phi) is 13.6. The zero-order valence-electron chi connectivity index (χ0n) is 29.5. The molecule has 1 aliphatic rings. The second-order valence-corrected chi connectivity index (χ2v) is 12.3. The maximum atomic E-state index is 13.9. The molecule has 0 bridgehead atoms. The van der Waals surface area contributed by atoms with E-state index in [0.29, 0.717) is 35.0 Å². The van der Waals surface area contributed by atoms with Crippen molar-refractivity contribution in [3.63, 3.8) is 0 Å². The van der Waals surface area contributed by atoms with Crippen LogP contribution < -0.4 is 26.4 Å². The topological polar surface area (TPSA) is 224 Å². The third kappa shape index (κ3) is 10.2. The second-order valence-electron chi connectivity index (χ2n) is 12.3. The van der Waals surface area contributed by atoms with Crippen molar-refractivity contribution in [3.05, 3.63) is 83.2 Å². The van der Waals surface area contributed by atoms with E-state index in [0.717, 1.165) is 12.8 Å². The van der Waals surface area contributed by atoms with Gasteiger partial charge in [0.05, 0.1) is 19.4 Å². The van der Waals surface area contributed by atoms with Gasteiger partial charge in [-0.15, -0.1) is 0 Å². The van der Waals surface area contributed by atoms with Gasteiger partial charge in [-0.1, -0.05) is 26.5 Å². The summed E-state index contributed by atoms with van der Waals surface area (Å²) >= 11 is 0. The molecule has 1 fully saturated rings. The van der Waals surface area contributed by atoms with Gasteiger partial charge >= 0.3 is 18.0 Å². The molecule has 0 saturated heterocycles. The van der Waals surface area contributed by atoms with Gasteiger partial charge in [-0.3, -0.25) is 25.6 Å². The van der Waals surface area contributed by atoms with Crippen LogP contribution in [0.3, 0.4) is 0 Å². The summed E-state index contributed by atoms with van der Waals surface area (Å²) in [7, 11) is 1.44. The molecule has 2 amide bonds. The first kappa shape index (κ1) is 39.2. The Labute approximate surface area is 301 Å². The number of amides is 2. The fourth-order valence-corrected chi connectivity index (χ4v) is 4.89. The molecule has 1 aromatic heterocycles. The molecule has 52 heavy (non-hydrogen) atoms. The number of rotatable bonds is 16. The average molecular weight is 717 g/mol. The predicted molar refractivity (Wildman–Crippen MR) is 193 cm³/mol. The van der Waals surface area contributed by atoms with Crippen molar-refractivity contribution >= 4 is 41.5 Å². The highest BCUT2D eigenvalue weighted by Gasteiger charge is 2.27. The number of anilines is 1. The first-order chi connectivity index (χ1) is 24.9. The molecule has 15 heteroatoms. The standard InChI is InChI=1S/C37H44N6O9/c1-6-22-16-27(33(44)41-24-12-10-23(11-13-24)32(39)43-37(48)50-7-2)26(17-29(22)49-5)25-14-15-28(34(45)40-18-21-8-9-21)42-31(25)36(47)52-19-51-35(46)30(38)20(3)4/h6,10-17,20-21,30,34,40,45H,1,7-9,18-19,38H2,2-5H3,(H,41,44)(H2,39,43,48)/t30-,34?/m0/s1. The third-order valence-electron chi connectivity index (χ3n) is 8.13. The zero-order chi connectivity index (χ0) is 37.9. The lowest BCUT2D eigenvalue weighted by atomic mass is 9.94. The van der Waals surface area contributed by atoms with Gasteiger partial charge in [0.2, 0.25) is 6.79 Å². The van der Waals surface area contributed by atoms with Gasteiger partial charge in [0.25, 0.3) is 5.91 Å². The van der Waals surface area contributed by atoms with E-state index in [1.807, 2.05) is 0 Å². The number of methoxy groups -OCH3 is 1. The number of carbonyl (C=O) groups excluding carboxylic acids is 4. The summed E-state index contributed by atoms with van der Waals surface area (Å²) in [6.45, 7) is 8.92. The van der Waals surface area contributed by atoms with Crippen LogP contribution in [0.15, 0.2) is 55.1 Å². The number of nitrogens with one attached hydrogen (secondary N) is 4. The van der Waals surface area contributed by atoms with E-state index in [1.165, 1.54) is 43.5 Å². The highest BCUT2D eigenvalue weighted by Crippen LogP contribution is 2.35. The summed E-state index contributed by atoms with van der Waals surface area (Å²) < 4.78 is 20.7. The lowest BCUT2D eigenvalue weighted by Gasteiger charge is -2.19. The van der Waals surface area contributed by atoms with Crippen molar-refractivity contribution in [2.24, 2.45) is 17.6 Å². The molecule has 1 saturated carbocycles. The molecule has 0 radical (unpaired) electrons. The first-order valence-electron chi connectivity index (χ1n) is 16.7. The van der Waals surface area contributed by atoms with E-state index >= 15 is 0 Å². The minimum Gasteiger partial charge on any atom is -0.496 e. The normalized spacial score (nSPS) is 13.4. The quantitative estimate of drug-likeness (QED) is 0.0527. The molecule has 3 aromatic rings. The molecule has 0 spiro atoms. The van der Waals surface area contributed by atoms with Crippen molar-refractivity contribution in [1.29, 1.82) is 5.41 Å². The fourth-order valence-electron chi connectivity index (χ4n) is 4.89. The van der Waals surface area contributed by atoms with Gasteiger partial charge in [-0.25, -0.2) is 14.6 Å². The summed E-state index contributed by atoms with van der Waals surface area (Å²) in [5.41, 5.74) is 7.38. The zero-order valence-corrected chi connectivity index (χ0v) is 29.5. The Balaban J connectivity index is 1.69. The van der Waals surface area contributed by atoms with Crippen molar-refractivity contribution in [2.45, 2.75) is 45.9 Å². The summed E-state index contributed by atoms with van der Waals surface area (Å²) in [5.74, 6) is -1.95. The van der Waals surface area contributed by atoms with Crippen LogP contribution in [0.2, 0.25) is 0 Å². The van der Waals surface area contributed by atoms with Crippen LogP contribution in [-0.2, 0) is 19.0 Å². The van der Waals surface area contributed by atoms with Gasteiger partial charge in [0.15, 0.2) is 5.69 Å². The molecule has 2 atom stereocenters. The molecule has 0 aliphatic heterocycles. The molecular formula is C37H44N6O9. The fraction of sp³-hybridized carbons (Fsp3) is 0.351. The van der Waals surface area contributed by atoms with Gasteiger partial charge in [0.1, 0.15) is 23.9 Å². The molecule has 7 N–H and O–H groups in total. The maximum absolute atomic E-state index is 13.9. The maximum Gasteiger partial charge on any atom is 0.412 e. The Morgan fingerprint density at radius 2 is 1.77 bits per heavy atom. The number of hydrogen-bond donors (Lipinski definition) is 6. The largest absolute Gasteiger partial charge is 0.496 e. The van der Waals surface area contributed by atoms with E-state index in [4.69, 9.17) is 30.1 Å². The first-order valence-corrected chi connectivity index (χ1v) is 16.7. The lowest BCUT2D eigenvalue weighted by molar-refractivity contribution is -0.154. The molecule has 15 nitrogen and oxygen atoms in total. The van der Waals surface area contributed by atoms with E-state index < -0.39 is 43.0 Å². The Hall–Kier alpha value is -5.64. The van der Waals surface area contributed by atoms with Gasteiger partial charge in [-0.2, -0.15) is 0 Å². The molecule has 4 rings (SSSR count). The molecule has 1 aliphatic carbocycles. The van der Waals surface area contributed by atoms with Crippen LogP contribution in [-0.4, -0.2) is 73.0 Å². The van der Waals surface area contributed by atoms with E-state index in [9.17, 15) is 24.3 Å². The number of hydrogen-bond acceptors (Lipinski definition) is 13. The lowest BCUT2D eigenvalue weighted by Crippen LogP contribution is -2.37. The minimum absolute atomic E-state index is 0.0989. The Morgan fingerprint density at radius 3 is 2.38 bits per heavy atom. The highest BCUT2D eigenvalue weighted by molar-refractivity contribution is 6.11. The number of aromatic nitrogens is 1. The number of carbonyl (C=O) groups is 4. The number of benzene rings is 2. The van der Waals surface area contributed by atoms with Crippen molar-refractivity contribution in [1.82, 2.24) is 15.6 Å².